The number of halogens is 2. The summed E-state index contributed by atoms with van der Waals surface area (Å²) in [4.78, 5) is 19.1. The van der Waals surface area contributed by atoms with Gasteiger partial charge in [0.25, 0.3) is 5.24 Å². The highest BCUT2D eigenvalue weighted by Gasteiger charge is 2.03. The van der Waals surface area contributed by atoms with Crippen molar-refractivity contribution in [2.24, 2.45) is 0 Å². The summed E-state index contributed by atoms with van der Waals surface area (Å²) in [6.07, 6.45) is 1.63. The summed E-state index contributed by atoms with van der Waals surface area (Å²) in [7, 11) is 1.83. The van der Waals surface area contributed by atoms with Gasteiger partial charge in [0, 0.05) is 17.4 Å². The Hall–Kier alpha value is -1.59. The van der Waals surface area contributed by atoms with Crippen LogP contribution in [0.15, 0.2) is 30.5 Å². The van der Waals surface area contributed by atoms with Crippen LogP contribution in [0.2, 0.25) is 5.15 Å². The average Bonchev–Trinajstić information content (AvgIpc) is 2.34. The molecule has 0 unspecified atom stereocenters. The molecule has 1 heterocycles. The number of hydrogen-bond donors (Lipinski definition) is 1. The zero-order valence-electron chi connectivity index (χ0n) is 9.45. The molecule has 0 radical (unpaired) electrons. The molecule has 2 aromatic rings. The van der Waals surface area contributed by atoms with Crippen molar-refractivity contribution in [1.82, 2.24) is 9.97 Å². The Labute approximate surface area is 115 Å². The molecule has 0 aliphatic rings. The quantitative estimate of drug-likeness (QED) is 0.526. The third kappa shape index (κ3) is 3.00. The van der Waals surface area contributed by atoms with E-state index in [1.165, 1.54) is 0 Å². The normalized spacial score (nSPS) is 10.1. The van der Waals surface area contributed by atoms with Crippen LogP contribution in [0.1, 0.15) is 10.4 Å². The summed E-state index contributed by atoms with van der Waals surface area (Å²) in [6, 6.07) is 6.67. The lowest BCUT2D eigenvalue weighted by Gasteiger charge is -2.06. The van der Waals surface area contributed by atoms with Crippen molar-refractivity contribution < 1.29 is 4.79 Å². The van der Waals surface area contributed by atoms with Gasteiger partial charge in [-0.25, -0.2) is 9.97 Å². The van der Waals surface area contributed by atoms with Gasteiger partial charge in [0.15, 0.2) is 0 Å². The van der Waals surface area contributed by atoms with Gasteiger partial charge in [-0.15, -0.1) is 0 Å². The van der Waals surface area contributed by atoms with E-state index in [0.29, 0.717) is 16.7 Å². The molecule has 2 rings (SSSR count). The lowest BCUT2D eigenvalue weighted by atomic mass is 10.0. The molecular weight excluding hydrogens is 272 g/mol. The van der Waals surface area contributed by atoms with Gasteiger partial charge in [-0.05, 0) is 41.3 Å². The van der Waals surface area contributed by atoms with E-state index in [1.807, 2.05) is 7.85 Å². The lowest BCUT2D eigenvalue weighted by Crippen LogP contribution is -2.09. The first kappa shape index (κ1) is 12.9. The molecule has 1 N–H and O–H groups in total. The minimum absolute atomic E-state index is 0.399. The van der Waals surface area contributed by atoms with Crippen molar-refractivity contribution >= 4 is 53.4 Å². The van der Waals surface area contributed by atoms with Crippen LogP contribution >= 0.6 is 23.2 Å². The van der Waals surface area contributed by atoms with Gasteiger partial charge in [0.2, 0.25) is 5.95 Å². The zero-order chi connectivity index (χ0) is 13.1. The fraction of sp³-hybridized carbons (Fsp3) is 0. The SMILES string of the molecule is Bc1cnc(Nc2ccc(C(=O)Cl)cc2)nc1Cl. The minimum atomic E-state index is -0.490. The molecule has 4 nitrogen and oxygen atoms in total. The Morgan fingerprint density at radius 2 is 1.94 bits per heavy atom. The molecule has 0 aliphatic carbocycles. The van der Waals surface area contributed by atoms with Gasteiger partial charge in [0.05, 0.1) is 0 Å². The highest BCUT2D eigenvalue weighted by molar-refractivity contribution is 6.67. The van der Waals surface area contributed by atoms with Crippen molar-refractivity contribution in [1.29, 1.82) is 0 Å². The maximum absolute atomic E-state index is 10.9. The molecule has 0 aliphatic heterocycles. The van der Waals surface area contributed by atoms with E-state index in [2.05, 4.69) is 15.3 Å². The van der Waals surface area contributed by atoms with Gasteiger partial charge < -0.3 is 5.32 Å². The number of benzene rings is 1. The third-order valence-electron chi connectivity index (χ3n) is 2.28. The molecule has 7 heteroatoms. The van der Waals surface area contributed by atoms with Crippen molar-refractivity contribution in [2.75, 3.05) is 5.32 Å². The molecule has 90 valence electrons. The Kier molecular flexibility index (Phi) is 3.84. The zero-order valence-corrected chi connectivity index (χ0v) is 11.0. The molecular formula is C11H8BCl2N3O. The minimum Gasteiger partial charge on any atom is -0.324 e. The van der Waals surface area contributed by atoms with Crippen LogP contribution in [-0.4, -0.2) is 23.1 Å². The maximum atomic E-state index is 10.9. The van der Waals surface area contributed by atoms with E-state index in [0.717, 1.165) is 11.2 Å². The van der Waals surface area contributed by atoms with E-state index in [-0.39, 0.29) is 0 Å². The number of hydrogen-bond acceptors (Lipinski definition) is 4. The first-order chi connectivity index (χ1) is 8.56. The number of aromatic nitrogens is 2. The smallest absolute Gasteiger partial charge is 0.252 e. The van der Waals surface area contributed by atoms with Crippen molar-refractivity contribution in [3.05, 3.63) is 41.2 Å². The number of nitrogens with zero attached hydrogens (tertiary/aromatic N) is 2. The second-order valence-corrected chi connectivity index (χ2v) is 4.34. The summed E-state index contributed by atoms with van der Waals surface area (Å²) in [6.45, 7) is 0. The van der Waals surface area contributed by atoms with Gasteiger partial charge in [-0.3, -0.25) is 4.79 Å². The standard InChI is InChI=1S/C11H8BCl2N3O/c12-8-5-15-11(17-9(8)13)16-7-3-1-6(2-4-7)10(14)18/h1-5H,12H2,(H,15,16,17). The Morgan fingerprint density at radius 1 is 1.28 bits per heavy atom. The molecule has 1 aromatic carbocycles. The van der Waals surface area contributed by atoms with Crippen LogP contribution in [0.5, 0.6) is 0 Å². The molecule has 0 amide bonds. The van der Waals surface area contributed by atoms with Crippen LogP contribution in [0, 0.1) is 0 Å². The monoisotopic (exact) mass is 279 g/mol. The Bertz CT molecular complexity index is 589. The Balaban J connectivity index is 2.18. The van der Waals surface area contributed by atoms with Crippen molar-refractivity contribution in [3.8, 4) is 0 Å². The summed E-state index contributed by atoms with van der Waals surface area (Å²) in [5.74, 6) is 0.399. The topological polar surface area (TPSA) is 54.9 Å². The second-order valence-electron chi connectivity index (χ2n) is 3.64. The number of carbonyl (C=O) groups excluding carboxylic acids is 1. The van der Waals surface area contributed by atoms with E-state index in [9.17, 15) is 4.79 Å². The largest absolute Gasteiger partial charge is 0.324 e. The highest BCUT2D eigenvalue weighted by atomic mass is 35.5. The van der Waals surface area contributed by atoms with E-state index >= 15 is 0 Å². The number of carbonyl (C=O) groups is 1. The molecule has 0 atom stereocenters. The van der Waals surface area contributed by atoms with Crippen molar-refractivity contribution in [2.45, 2.75) is 0 Å². The fourth-order valence-electron chi connectivity index (χ4n) is 1.30. The molecule has 18 heavy (non-hydrogen) atoms. The fourth-order valence-corrected chi connectivity index (χ4v) is 1.55. The van der Waals surface area contributed by atoms with Crippen LogP contribution in [0.25, 0.3) is 0 Å². The molecule has 0 bridgehead atoms. The van der Waals surface area contributed by atoms with Gasteiger partial charge >= 0.3 is 0 Å². The molecule has 0 spiro atoms. The predicted molar refractivity (Wildman–Crippen MR) is 75.1 cm³/mol. The second kappa shape index (κ2) is 5.37. The number of anilines is 2. The van der Waals surface area contributed by atoms with Gasteiger partial charge in [-0.2, -0.15) is 0 Å². The lowest BCUT2D eigenvalue weighted by molar-refractivity contribution is 0.108. The first-order valence-electron chi connectivity index (χ1n) is 5.12. The molecule has 0 saturated heterocycles. The number of rotatable bonds is 3. The van der Waals surface area contributed by atoms with E-state index in [1.54, 1.807) is 30.5 Å². The van der Waals surface area contributed by atoms with Crippen LogP contribution in [0.4, 0.5) is 11.6 Å². The third-order valence-corrected chi connectivity index (χ3v) is 2.88. The molecule has 1 aromatic heterocycles. The van der Waals surface area contributed by atoms with Crippen molar-refractivity contribution in [3.63, 3.8) is 0 Å². The summed E-state index contributed by atoms with van der Waals surface area (Å²) in [5, 5.41) is 2.89. The number of nitrogens with one attached hydrogen (secondary N) is 1. The van der Waals surface area contributed by atoms with Crippen LogP contribution in [0.3, 0.4) is 0 Å². The summed E-state index contributed by atoms with van der Waals surface area (Å²) < 4.78 is 0. The van der Waals surface area contributed by atoms with Gasteiger partial charge in [-0.1, -0.05) is 11.6 Å². The van der Waals surface area contributed by atoms with Crippen LogP contribution in [-0.2, 0) is 0 Å². The highest BCUT2D eigenvalue weighted by Crippen LogP contribution is 2.15. The maximum Gasteiger partial charge on any atom is 0.252 e. The molecule has 0 fully saturated rings. The summed E-state index contributed by atoms with van der Waals surface area (Å²) >= 11 is 11.2. The van der Waals surface area contributed by atoms with Gasteiger partial charge in [0.1, 0.15) is 13.0 Å². The summed E-state index contributed by atoms with van der Waals surface area (Å²) in [5.41, 5.74) is 1.99. The molecule has 0 saturated carbocycles. The van der Waals surface area contributed by atoms with E-state index in [4.69, 9.17) is 23.2 Å². The van der Waals surface area contributed by atoms with E-state index < -0.39 is 5.24 Å². The Morgan fingerprint density at radius 3 is 2.50 bits per heavy atom. The predicted octanol–water partition coefficient (Wildman–Crippen LogP) is 1.51. The average molecular weight is 280 g/mol. The van der Waals surface area contributed by atoms with Crippen LogP contribution < -0.4 is 10.8 Å². The first-order valence-corrected chi connectivity index (χ1v) is 5.88.